The maximum atomic E-state index is 12.2. The number of hydrogen-bond donors (Lipinski definition) is 1. The highest BCUT2D eigenvalue weighted by atomic mass is 16.5. The van der Waals surface area contributed by atoms with Crippen molar-refractivity contribution in [2.75, 3.05) is 37.0 Å². The molecule has 0 aliphatic carbocycles. The predicted molar refractivity (Wildman–Crippen MR) is 109 cm³/mol. The van der Waals surface area contributed by atoms with Crippen LogP contribution in [-0.4, -0.2) is 38.7 Å². The molecule has 2 aromatic rings. The quantitative estimate of drug-likeness (QED) is 0.772. The van der Waals surface area contributed by atoms with E-state index in [1.54, 1.807) is 25.3 Å². The van der Waals surface area contributed by atoms with Crippen LogP contribution in [-0.2, 0) is 9.53 Å². The molecule has 1 heterocycles. The fourth-order valence-corrected chi connectivity index (χ4v) is 3.40. The third-order valence-corrected chi connectivity index (χ3v) is 4.91. The third-order valence-electron chi connectivity index (χ3n) is 4.91. The van der Waals surface area contributed by atoms with Gasteiger partial charge in [-0.15, -0.1) is 0 Å². The smallest absolute Gasteiger partial charge is 0.338 e. The molecule has 1 aliphatic rings. The highest BCUT2D eigenvalue weighted by Gasteiger charge is 2.16. The van der Waals surface area contributed by atoms with Crippen molar-refractivity contribution in [2.45, 2.75) is 26.7 Å². The summed E-state index contributed by atoms with van der Waals surface area (Å²) in [6.07, 6.45) is 2.44. The summed E-state index contributed by atoms with van der Waals surface area (Å²) in [6.45, 7) is 5.73. The van der Waals surface area contributed by atoms with Crippen LogP contribution < -0.4 is 15.0 Å². The average molecular weight is 382 g/mol. The van der Waals surface area contributed by atoms with Crippen LogP contribution in [0.3, 0.4) is 0 Å². The molecule has 0 aromatic heterocycles. The normalized spacial score (nSPS) is 13.3. The summed E-state index contributed by atoms with van der Waals surface area (Å²) in [6, 6.07) is 10.9. The van der Waals surface area contributed by atoms with Gasteiger partial charge < -0.3 is 19.7 Å². The summed E-state index contributed by atoms with van der Waals surface area (Å²) >= 11 is 0. The number of anilines is 2. The largest absolute Gasteiger partial charge is 0.496 e. The van der Waals surface area contributed by atoms with Crippen molar-refractivity contribution >= 4 is 23.3 Å². The van der Waals surface area contributed by atoms with Gasteiger partial charge in [-0.2, -0.15) is 0 Å². The number of nitrogens with zero attached hydrogens (tertiary/aromatic N) is 1. The molecule has 0 spiro atoms. The number of carbonyl (C=O) groups is 2. The fraction of sp³-hybridized carbons (Fsp3) is 0.364. The minimum Gasteiger partial charge on any atom is -0.496 e. The van der Waals surface area contributed by atoms with Crippen LogP contribution in [0.5, 0.6) is 5.75 Å². The minimum atomic E-state index is -0.561. The summed E-state index contributed by atoms with van der Waals surface area (Å²) < 4.78 is 10.3. The van der Waals surface area contributed by atoms with Crippen molar-refractivity contribution in [1.82, 2.24) is 0 Å². The van der Waals surface area contributed by atoms with Gasteiger partial charge in [0, 0.05) is 24.5 Å². The predicted octanol–water partition coefficient (Wildman–Crippen LogP) is 3.71. The first-order valence-electron chi connectivity index (χ1n) is 9.45. The van der Waals surface area contributed by atoms with E-state index in [-0.39, 0.29) is 12.5 Å². The lowest BCUT2D eigenvalue weighted by molar-refractivity contribution is -0.119. The Balaban J connectivity index is 1.55. The Bertz CT molecular complexity index is 873. The van der Waals surface area contributed by atoms with Gasteiger partial charge in [0.15, 0.2) is 6.61 Å². The molecule has 0 saturated carbocycles. The van der Waals surface area contributed by atoms with Crippen LogP contribution >= 0.6 is 0 Å². The first kappa shape index (κ1) is 19.7. The lowest BCUT2D eigenvalue weighted by Gasteiger charge is -2.20. The molecule has 1 aliphatic heterocycles. The van der Waals surface area contributed by atoms with E-state index in [4.69, 9.17) is 9.47 Å². The molecule has 0 bridgehead atoms. The zero-order valence-electron chi connectivity index (χ0n) is 16.6. The maximum Gasteiger partial charge on any atom is 0.338 e. The molecule has 3 rings (SSSR count). The van der Waals surface area contributed by atoms with Crippen molar-refractivity contribution in [3.8, 4) is 5.75 Å². The Morgan fingerprint density at radius 3 is 2.46 bits per heavy atom. The summed E-state index contributed by atoms with van der Waals surface area (Å²) in [5, 5.41) is 2.78. The van der Waals surface area contributed by atoms with Gasteiger partial charge in [0.1, 0.15) is 5.75 Å². The minimum absolute atomic E-state index is 0.345. The number of benzene rings is 2. The summed E-state index contributed by atoms with van der Waals surface area (Å²) in [4.78, 5) is 26.7. The van der Waals surface area contributed by atoms with E-state index in [0.717, 1.165) is 24.2 Å². The molecule has 28 heavy (non-hydrogen) atoms. The lowest BCUT2D eigenvalue weighted by Crippen LogP contribution is -2.21. The molecule has 0 atom stereocenters. The van der Waals surface area contributed by atoms with Crippen molar-refractivity contribution in [2.24, 2.45) is 0 Å². The number of methoxy groups -OCH3 is 1. The van der Waals surface area contributed by atoms with E-state index in [2.05, 4.69) is 10.2 Å². The molecule has 1 amide bonds. The third kappa shape index (κ3) is 4.63. The van der Waals surface area contributed by atoms with Gasteiger partial charge in [0.05, 0.1) is 12.7 Å². The van der Waals surface area contributed by atoms with Gasteiger partial charge >= 0.3 is 5.97 Å². The van der Waals surface area contributed by atoms with Crippen LogP contribution in [0.4, 0.5) is 11.4 Å². The molecule has 148 valence electrons. The number of esters is 1. The zero-order valence-corrected chi connectivity index (χ0v) is 16.6. The summed E-state index contributed by atoms with van der Waals surface area (Å²) in [5.41, 5.74) is 4.28. The second-order valence-electron chi connectivity index (χ2n) is 7.00. The summed E-state index contributed by atoms with van der Waals surface area (Å²) in [7, 11) is 1.54. The van der Waals surface area contributed by atoms with E-state index in [0.29, 0.717) is 17.0 Å². The highest BCUT2D eigenvalue weighted by molar-refractivity contribution is 5.96. The van der Waals surface area contributed by atoms with Gasteiger partial charge in [0.25, 0.3) is 5.91 Å². The Hall–Kier alpha value is -3.02. The van der Waals surface area contributed by atoms with Gasteiger partial charge in [-0.3, -0.25) is 4.79 Å². The fourth-order valence-electron chi connectivity index (χ4n) is 3.40. The molecule has 1 N–H and O–H groups in total. The number of hydrogen-bond acceptors (Lipinski definition) is 5. The number of nitrogens with one attached hydrogen (secondary N) is 1. The number of ether oxygens (including phenoxy) is 2. The lowest BCUT2D eigenvalue weighted by atomic mass is 10.1. The molecule has 6 heteroatoms. The van der Waals surface area contributed by atoms with E-state index < -0.39 is 5.97 Å². The molecule has 1 saturated heterocycles. The standard InChI is InChI=1S/C22H26N2O4/c1-15-6-7-17(13-20(15)27-3)22(26)28-14-21(25)23-18-8-9-19(16(2)12-18)24-10-4-5-11-24/h6-9,12-13H,4-5,10-11,14H2,1-3H3,(H,23,25). The van der Waals surface area contributed by atoms with Crippen LogP contribution in [0.2, 0.25) is 0 Å². The van der Waals surface area contributed by atoms with E-state index in [1.807, 2.05) is 32.0 Å². The number of amides is 1. The summed E-state index contributed by atoms with van der Waals surface area (Å²) in [5.74, 6) is -0.331. The Labute approximate surface area is 165 Å². The van der Waals surface area contributed by atoms with Crippen molar-refractivity contribution in [3.63, 3.8) is 0 Å². The Morgan fingerprint density at radius 2 is 1.79 bits per heavy atom. The molecule has 0 unspecified atom stereocenters. The second kappa shape index (κ2) is 8.78. The van der Waals surface area contributed by atoms with Crippen LogP contribution in [0.25, 0.3) is 0 Å². The van der Waals surface area contributed by atoms with E-state index >= 15 is 0 Å². The van der Waals surface area contributed by atoms with Crippen LogP contribution in [0.15, 0.2) is 36.4 Å². The van der Waals surface area contributed by atoms with Crippen molar-refractivity contribution < 1.29 is 19.1 Å². The zero-order chi connectivity index (χ0) is 20.1. The Morgan fingerprint density at radius 1 is 1.04 bits per heavy atom. The highest BCUT2D eigenvalue weighted by Crippen LogP contribution is 2.26. The molecular formula is C22H26N2O4. The molecule has 1 fully saturated rings. The van der Waals surface area contributed by atoms with Crippen LogP contribution in [0, 0.1) is 13.8 Å². The molecule has 6 nitrogen and oxygen atoms in total. The molecule has 2 aromatic carbocycles. The second-order valence-corrected chi connectivity index (χ2v) is 7.00. The van der Waals surface area contributed by atoms with Crippen LogP contribution in [0.1, 0.15) is 34.3 Å². The first-order chi connectivity index (χ1) is 13.5. The Kier molecular flexibility index (Phi) is 6.19. The first-order valence-corrected chi connectivity index (χ1v) is 9.45. The molecular weight excluding hydrogens is 356 g/mol. The van der Waals surface area contributed by atoms with Gasteiger partial charge in [0.2, 0.25) is 0 Å². The van der Waals surface area contributed by atoms with E-state index in [1.165, 1.54) is 18.5 Å². The maximum absolute atomic E-state index is 12.2. The van der Waals surface area contributed by atoms with Gasteiger partial charge in [-0.25, -0.2) is 4.79 Å². The number of aryl methyl sites for hydroxylation is 2. The number of carbonyl (C=O) groups excluding carboxylic acids is 2. The molecule has 0 radical (unpaired) electrons. The van der Waals surface area contributed by atoms with Crippen molar-refractivity contribution in [1.29, 1.82) is 0 Å². The van der Waals surface area contributed by atoms with Crippen molar-refractivity contribution in [3.05, 3.63) is 53.1 Å². The SMILES string of the molecule is COc1cc(C(=O)OCC(=O)Nc2ccc(N3CCCC3)c(C)c2)ccc1C. The topological polar surface area (TPSA) is 67.9 Å². The average Bonchev–Trinajstić information content (AvgIpc) is 3.21. The van der Waals surface area contributed by atoms with E-state index in [9.17, 15) is 9.59 Å². The monoisotopic (exact) mass is 382 g/mol. The number of rotatable bonds is 6. The van der Waals surface area contributed by atoms with Gasteiger partial charge in [-0.05, 0) is 68.1 Å². The van der Waals surface area contributed by atoms with Gasteiger partial charge in [-0.1, -0.05) is 6.07 Å².